The zero-order valence-electron chi connectivity index (χ0n) is 17.4. The first-order chi connectivity index (χ1) is 15.3. The van der Waals surface area contributed by atoms with Crippen LogP contribution in [0.5, 0.6) is 0 Å². The minimum Gasteiger partial charge on any atom is -0.336 e. The van der Waals surface area contributed by atoms with Crippen LogP contribution in [0, 0.1) is 0 Å². The molecule has 1 unspecified atom stereocenters. The Hall–Kier alpha value is -2.20. The molecule has 1 aromatic carbocycles. The molecule has 1 atom stereocenters. The van der Waals surface area contributed by atoms with Crippen LogP contribution in [-0.2, 0) is 32.6 Å². The standard InChI is InChI=1S/C22H24ClN3O4S2/c23-20-8-7-18(31-20)10-13-32(29,30)24-19-6-3-11-26(22(19)28)15-21(27)25-12-9-16-4-1-2-5-17(16)14-25/h1-2,4-5,7-8,10,13,19,24H,3,6,9,11-12,14-15H2/b13-10+. The monoisotopic (exact) mass is 493 g/mol. The first-order valence-electron chi connectivity index (χ1n) is 10.4. The van der Waals surface area contributed by atoms with Crippen molar-refractivity contribution in [2.24, 2.45) is 0 Å². The Morgan fingerprint density at radius 2 is 1.97 bits per heavy atom. The van der Waals surface area contributed by atoms with E-state index in [4.69, 9.17) is 11.6 Å². The number of carbonyl (C=O) groups excluding carboxylic acids is 2. The number of piperidine rings is 1. The fourth-order valence-corrected chi connectivity index (χ4v) is 6.06. The van der Waals surface area contributed by atoms with E-state index in [-0.39, 0.29) is 18.4 Å². The summed E-state index contributed by atoms with van der Waals surface area (Å²) in [5.74, 6) is -0.482. The van der Waals surface area contributed by atoms with Gasteiger partial charge in [0.05, 0.1) is 10.9 Å². The summed E-state index contributed by atoms with van der Waals surface area (Å²) in [7, 11) is -3.82. The predicted molar refractivity (Wildman–Crippen MR) is 126 cm³/mol. The molecule has 0 saturated carbocycles. The Bertz CT molecular complexity index is 1150. The number of amides is 2. The van der Waals surface area contributed by atoms with Crippen molar-refractivity contribution in [3.63, 3.8) is 0 Å². The summed E-state index contributed by atoms with van der Waals surface area (Å²) in [6.07, 6.45) is 3.26. The third-order valence-electron chi connectivity index (χ3n) is 5.65. The maximum atomic E-state index is 12.9. The first-order valence-corrected chi connectivity index (χ1v) is 13.1. The predicted octanol–water partition coefficient (Wildman–Crippen LogP) is 2.87. The zero-order chi connectivity index (χ0) is 22.7. The Morgan fingerprint density at radius 3 is 2.72 bits per heavy atom. The van der Waals surface area contributed by atoms with E-state index < -0.39 is 16.1 Å². The number of thiophene rings is 1. The van der Waals surface area contributed by atoms with Gasteiger partial charge in [0, 0.05) is 29.9 Å². The molecule has 0 radical (unpaired) electrons. The van der Waals surface area contributed by atoms with Gasteiger partial charge in [0.25, 0.3) is 0 Å². The molecule has 170 valence electrons. The number of nitrogens with one attached hydrogen (secondary N) is 1. The van der Waals surface area contributed by atoms with Crippen molar-refractivity contribution >= 4 is 50.9 Å². The lowest BCUT2D eigenvalue weighted by atomic mass is 10.00. The molecule has 2 aliphatic heterocycles. The highest BCUT2D eigenvalue weighted by Gasteiger charge is 2.33. The van der Waals surface area contributed by atoms with Crippen LogP contribution in [0.4, 0.5) is 0 Å². The van der Waals surface area contributed by atoms with E-state index >= 15 is 0 Å². The van der Waals surface area contributed by atoms with Crippen LogP contribution >= 0.6 is 22.9 Å². The molecule has 0 spiro atoms. The summed E-state index contributed by atoms with van der Waals surface area (Å²) in [6, 6.07) is 10.6. The van der Waals surface area contributed by atoms with Gasteiger partial charge in [0.15, 0.2) is 0 Å². The highest BCUT2D eigenvalue weighted by molar-refractivity contribution is 7.92. The third-order valence-corrected chi connectivity index (χ3v) is 7.96. The van der Waals surface area contributed by atoms with Crippen molar-refractivity contribution in [3.8, 4) is 0 Å². The minimum atomic E-state index is -3.82. The van der Waals surface area contributed by atoms with Crippen molar-refractivity contribution in [2.75, 3.05) is 19.6 Å². The van der Waals surface area contributed by atoms with Crippen LogP contribution in [0.1, 0.15) is 28.8 Å². The molecule has 1 N–H and O–H groups in total. The molecule has 0 aliphatic carbocycles. The molecule has 1 aromatic heterocycles. The van der Waals surface area contributed by atoms with Crippen molar-refractivity contribution < 1.29 is 18.0 Å². The number of rotatable bonds is 6. The number of likely N-dealkylation sites (tertiary alicyclic amines) is 1. The molecule has 4 rings (SSSR count). The average molecular weight is 494 g/mol. The number of halogens is 1. The SMILES string of the molecule is O=C(CN1CCCC(NS(=O)(=O)/C=C/c2ccc(Cl)s2)C1=O)N1CCc2ccccc2C1. The van der Waals surface area contributed by atoms with E-state index in [1.807, 2.05) is 18.2 Å². The second-order valence-corrected chi connectivity index (χ2v) is 11.2. The summed E-state index contributed by atoms with van der Waals surface area (Å²) in [4.78, 5) is 29.7. The second-order valence-electron chi connectivity index (χ2n) is 7.90. The summed E-state index contributed by atoms with van der Waals surface area (Å²) in [5, 5.41) is 1.04. The van der Waals surface area contributed by atoms with E-state index in [9.17, 15) is 18.0 Å². The fraction of sp³-hybridized carbons (Fsp3) is 0.364. The van der Waals surface area contributed by atoms with Crippen LogP contribution in [0.25, 0.3) is 6.08 Å². The summed E-state index contributed by atoms with van der Waals surface area (Å²) in [6.45, 7) is 1.55. The molecule has 1 saturated heterocycles. The van der Waals surface area contributed by atoms with Gasteiger partial charge in [-0.25, -0.2) is 8.42 Å². The Kier molecular flexibility index (Phi) is 6.99. The third kappa shape index (κ3) is 5.58. The summed E-state index contributed by atoms with van der Waals surface area (Å²) < 4.78 is 27.9. The van der Waals surface area contributed by atoms with Gasteiger partial charge in [-0.15, -0.1) is 11.3 Å². The van der Waals surface area contributed by atoms with E-state index in [1.165, 1.54) is 27.9 Å². The van der Waals surface area contributed by atoms with Gasteiger partial charge in [-0.2, -0.15) is 4.72 Å². The number of carbonyl (C=O) groups is 2. The molecule has 1 fully saturated rings. The minimum absolute atomic E-state index is 0.0389. The number of sulfonamides is 1. The van der Waals surface area contributed by atoms with E-state index in [0.717, 1.165) is 17.4 Å². The largest absolute Gasteiger partial charge is 0.336 e. The maximum absolute atomic E-state index is 12.9. The summed E-state index contributed by atoms with van der Waals surface area (Å²) in [5.41, 5.74) is 2.37. The summed E-state index contributed by atoms with van der Waals surface area (Å²) >= 11 is 7.12. The highest BCUT2D eigenvalue weighted by atomic mass is 35.5. The van der Waals surface area contributed by atoms with Crippen LogP contribution in [0.3, 0.4) is 0 Å². The zero-order valence-corrected chi connectivity index (χ0v) is 19.8. The quantitative estimate of drug-likeness (QED) is 0.670. The normalized spacial score (nSPS) is 19.4. The van der Waals surface area contributed by atoms with E-state index in [2.05, 4.69) is 10.8 Å². The van der Waals surface area contributed by atoms with Gasteiger partial charge in [0.2, 0.25) is 21.8 Å². The molecule has 2 amide bonds. The Balaban J connectivity index is 1.35. The number of benzene rings is 1. The van der Waals surface area contributed by atoms with Gasteiger partial charge in [-0.1, -0.05) is 35.9 Å². The maximum Gasteiger partial charge on any atom is 0.242 e. The lowest BCUT2D eigenvalue weighted by molar-refractivity contribution is -0.143. The lowest BCUT2D eigenvalue weighted by Gasteiger charge is -2.35. The highest BCUT2D eigenvalue weighted by Crippen LogP contribution is 2.23. The molecule has 3 heterocycles. The molecular weight excluding hydrogens is 470 g/mol. The number of fused-ring (bicyclic) bond motifs is 1. The molecule has 10 heteroatoms. The van der Waals surface area contributed by atoms with Gasteiger partial charge in [0.1, 0.15) is 6.04 Å². The topological polar surface area (TPSA) is 86.8 Å². The first kappa shape index (κ1) is 23.0. The second kappa shape index (κ2) is 9.74. The van der Waals surface area contributed by atoms with Gasteiger partial charge < -0.3 is 9.80 Å². The van der Waals surface area contributed by atoms with Crippen LogP contribution in [0.15, 0.2) is 41.8 Å². The molecule has 0 bridgehead atoms. The van der Waals surface area contributed by atoms with Gasteiger partial charge in [-0.3, -0.25) is 9.59 Å². The Morgan fingerprint density at radius 1 is 1.19 bits per heavy atom. The molecular formula is C22H24ClN3O4S2. The number of hydrogen-bond acceptors (Lipinski definition) is 5. The van der Waals surface area contributed by atoms with E-state index in [0.29, 0.717) is 41.7 Å². The van der Waals surface area contributed by atoms with Crippen molar-refractivity contribution in [2.45, 2.75) is 31.8 Å². The fourth-order valence-electron chi connectivity index (χ4n) is 3.99. The van der Waals surface area contributed by atoms with Gasteiger partial charge >= 0.3 is 0 Å². The number of hydrogen-bond donors (Lipinski definition) is 1. The molecule has 2 aromatic rings. The van der Waals surface area contributed by atoms with Crippen molar-refractivity contribution in [1.82, 2.24) is 14.5 Å². The lowest BCUT2D eigenvalue weighted by Crippen LogP contribution is -2.54. The molecule has 2 aliphatic rings. The Labute approximate surface area is 196 Å². The molecule has 32 heavy (non-hydrogen) atoms. The molecule has 7 nitrogen and oxygen atoms in total. The van der Waals surface area contributed by atoms with Crippen LogP contribution in [-0.4, -0.2) is 55.7 Å². The van der Waals surface area contributed by atoms with Crippen LogP contribution < -0.4 is 4.72 Å². The van der Waals surface area contributed by atoms with Crippen molar-refractivity contribution in [1.29, 1.82) is 0 Å². The average Bonchev–Trinajstić information content (AvgIpc) is 3.20. The van der Waals surface area contributed by atoms with E-state index in [1.54, 1.807) is 17.0 Å². The smallest absolute Gasteiger partial charge is 0.242 e. The number of nitrogens with zero attached hydrogens (tertiary/aromatic N) is 2. The van der Waals surface area contributed by atoms with Crippen molar-refractivity contribution in [3.05, 3.63) is 62.1 Å². The van der Waals surface area contributed by atoms with Crippen LogP contribution in [0.2, 0.25) is 4.34 Å². The van der Waals surface area contributed by atoms with Gasteiger partial charge in [-0.05, 0) is 48.6 Å².